The van der Waals surface area contributed by atoms with Gasteiger partial charge in [0.15, 0.2) is 0 Å². The molecular weight excluding hydrogens is 230 g/mol. The van der Waals surface area contributed by atoms with Crippen molar-refractivity contribution in [3.05, 3.63) is 52.2 Å². The van der Waals surface area contributed by atoms with Gasteiger partial charge < -0.3 is 10.5 Å². The molecular formula is C14H17NOS. The summed E-state index contributed by atoms with van der Waals surface area (Å²) in [6, 6.07) is 10.1. The zero-order valence-corrected chi connectivity index (χ0v) is 10.7. The van der Waals surface area contributed by atoms with Gasteiger partial charge in [0.05, 0.1) is 6.61 Å². The Morgan fingerprint density at radius 1 is 1.29 bits per heavy atom. The molecule has 3 heteroatoms. The first-order valence-electron chi connectivity index (χ1n) is 5.76. The molecule has 0 amide bonds. The van der Waals surface area contributed by atoms with Crippen LogP contribution >= 0.6 is 11.3 Å². The summed E-state index contributed by atoms with van der Waals surface area (Å²) in [6.45, 7) is 2.67. The summed E-state index contributed by atoms with van der Waals surface area (Å²) in [7, 11) is 0. The molecule has 0 saturated heterocycles. The third kappa shape index (κ3) is 3.32. The first-order chi connectivity index (χ1) is 8.27. The van der Waals surface area contributed by atoms with E-state index in [1.807, 2.05) is 31.2 Å². The lowest BCUT2D eigenvalue weighted by atomic mass is 10.1. The second-order valence-electron chi connectivity index (χ2n) is 4.06. The number of benzene rings is 1. The molecule has 0 spiro atoms. The molecule has 0 radical (unpaired) electrons. The molecule has 0 aliphatic heterocycles. The average molecular weight is 247 g/mol. The highest BCUT2D eigenvalue weighted by atomic mass is 32.1. The van der Waals surface area contributed by atoms with Crippen LogP contribution in [0.3, 0.4) is 0 Å². The van der Waals surface area contributed by atoms with Crippen molar-refractivity contribution in [2.24, 2.45) is 5.73 Å². The largest absolute Gasteiger partial charge is 0.493 e. The van der Waals surface area contributed by atoms with E-state index in [9.17, 15) is 0 Å². The van der Waals surface area contributed by atoms with Gasteiger partial charge in [-0.2, -0.15) is 11.3 Å². The molecule has 0 aliphatic rings. The first-order valence-corrected chi connectivity index (χ1v) is 6.70. The van der Waals surface area contributed by atoms with Crippen LogP contribution in [0.15, 0.2) is 41.1 Å². The van der Waals surface area contributed by atoms with Gasteiger partial charge in [0.25, 0.3) is 0 Å². The van der Waals surface area contributed by atoms with Crippen molar-refractivity contribution in [1.82, 2.24) is 0 Å². The van der Waals surface area contributed by atoms with E-state index in [0.29, 0.717) is 6.61 Å². The molecule has 2 nitrogen and oxygen atoms in total. The molecule has 1 unspecified atom stereocenters. The van der Waals surface area contributed by atoms with Gasteiger partial charge in [-0.3, -0.25) is 0 Å². The third-order valence-corrected chi connectivity index (χ3v) is 3.37. The topological polar surface area (TPSA) is 35.2 Å². The van der Waals surface area contributed by atoms with Crippen molar-refractivity contribution in [3.8, 4) is 5.75 Å². The lowest BCUT2D eigenvalue weighted by Crippen LogP contribution is -2.09. The Kier molecular flexibility index (Phi) is 4.18. The van der Waals surface area contributed by atoms with Crippen LogP contribution in [-0.4, -0.2) is 6.61 Å². The van der Waals surface area contributed by atoms with Crippen LogP contribution in [-0.2, 0) is 6.42 Å². The van der Waals surface area contributed by atoms with E-state index in [1.54, 1.807) is 11.3 Å². The SMILES string of the molecule is CC(N)c1ccccc1OCCc1ccsc1. The number of ether oxygens (including phenoxy) is 1. The molecule has 1 atom stereocenters. The van der Waals surface area contributed by atoms with Crippen molar-refractivity contribution >= 4 is 11.3 Å². The normalized spacial score (nSPS) is 12.4. The van der Waals surface area contributed by atoms with Gasteiger partial charge in [-0.25, -0.2) is 0 Å². The fraction of sp³-hybridized carbons (Fsp3) is 0.286. The summed E-state index contributed by atoms with van der Waals surface area (Å²) in [6.07, 6.45) is 0.941. The van der Waals surface area contributed by atoms with Gasteiger partial charge in [0, 0.05) is 18.0 Å². The average Bonchev–Trinajstić information content (AvgIpc) is 2.82. The molecule has 17 heavy (non-hydrogen) atoms. The Labute approximate surface area is 106 Å². The Balaban J connectivity index is 1.94. The van der Waals surface area contributed by atoms with Crippen molar-refractivity contribution in [1.29, 1.82) is 0 Å². The molecule has 2 rings (SSSR count). The van der Waals surface area contributed by atoms with Crippen LogP contribution < -0.4 is 10.5 Å². The predicted octanol–water partition coefficient (Wildman–Crippen LogP) is 3.39. The second-order valence-corrected chi connectivity index (χ2v) is 4.84. The van der Waals surface area contributed by atoms with Crippen LogP contribution in [0.1, 0.15) is 24.1 Å². The number of nitrogens with two attached hydrogens (primary N) is 1. The summed E-state index contributed by atoms with van der Waals surface area (Å²) in [5.74, 6) is 0.901. The third-order valence-electron chi connectivity index (χ3n) is 2.64. The molecule has 0 aliphatic carbocycles. The zero-order valence-electron chi connectivity index (χ0n) is 9.93. The van der Waals surface area contributed by atoms with E-state index in [2.05, 4.69) is 16.8 Å². The van der Waals surface area contributed by atoms with Crippen molar-refractivity contribution in [3.63, 3.8) is 0 Å². The number of hydrogen-bond donors (Lipinski definition) is 1. The highest BCUT2D eigenvalue weighted by molar-refractivity contribution is 7.07. The number of rotatable bonds is 5. The maximum Gasteiger partial charge on any atom is 0.124 e. The van der Waals surface area contributed by atoms with Crippen LogP contribution in [0.5, 0.6) is 5.75 Å². The molecule has 1 heterocycles. The molecule has 1 aromatic carbocycles. The first kappa shape index (κ1) is 12.1. The smallest absolute Gasteiger partial charge is 0.124 e. The lowest BCUT2D eigenvalue weighted by molar-refractivity contribution is 0.317. The number of thiophene rings is 1. The van der Waals surface area contributed by atoms with E-state index in [4.69, 9.17) is 10.5 Å². The van der Waals surface area contributed by atoms with Crippen LogP contribution in [0, 0.1) is 0 Å². The van der Waals surface area contributed by atoms with Crippen LogP contribution in [0.4, 0.5) is 0 Å². The van der Waals surface area contributed by atoms with Crippen molar-refractivity contribution in [2.75, 3.05) is 6.61 Å². The lowest BCUT2D eigenvalue weighted by Gasteiger charge is -2.13. The Morgan fingerprint density at radius 3 is 2.82 bits per heavy atom. The Hall–Kier alpha value is -1.32. The van der Waals surface area contributed by atoms with Gasteiger partial charge in [-0.1, -0.05) is 18.2 Å². The van der Waals surface area contributed by atoms with E-state index >= 15 is 0 Å². The summed E-state index contributed by atoms with van der Waals surface area (Å²) in [4.78, 5) is 0. The Morgan fingerprint density at radius 2 is 2.12 bits per heavy atom. The molecule has 1 aromatic heterocycles. The van der Waals surface area contributed by atoms with Gasteiger partial charge in [0.1, 0.15) is 5.75 Å². The highest BCUT2D eigenvalue weighted by Gasteiger charge is 2.06. The summed E-state index contributed by atoms with van der Waals surface area (Å²) < 4.78 is 5.80. The minimum absolute atomic E-state index is 0.00680. The van der Waals surface area contributed by atoms with Gasteiger partial charge in [0.2, 0.25) is 0 Å². The second kappa shape index (κ2) is 5.84. The zero-order chi connectivity index (χ0) is 12.1. The maximum absolute atomic E-state index is 5.90. The summed E-state index contributed by atoms with van der Waals surface area (Å²) >= 11 is 1.72. The standard InChI is InChI=1S/C14H17NOS/c1-11(15)13-4-2-3-5-14(13)16-8-6-12-7-9-17-10-12/h2-5,7,9-11H,6,8,15H2,1H3. The fourth-order valence-electron chi connectivity index (χ4n) is 1.70. The number of hydrogen-bond acceptors (Lipinski definition) is 3. The molecule has 2 aromatic rings. The summed E-state index contributed by atoms with van der Waals surface area (Å²) in [5.41, 5.74) is 8.30. The van der Waals surface area contributed by atoms with Crippen LogP contribution in [0.2, 0.25) is 0 Å². The predicted molar refractivity (Wildman–Crippen MR) is 72.6 cm³/mol. The molecule has 0 bridgehead atoms. The minimum atomic E-state index is 0.00680. The monoisotopic (exact) mass is 247 g/mol. The van der Waals surface area contributed by atoms with Gasteiger partial charge in [-0.05, 0) is 35.4 Å². The van der Waals surface area contributed by atoms with Gasteiger partial charge in [-0.15, -0.1) is 0 Å². The maximum atomic E-state index is 5.90. The van der Waals surface area contributed by atoms with E-state index in [-0.39, 0.29) is 6.04 Å². The Bertz CT molecular complexity index is 451. The highest BCUT2D eigenvalue weighted by Crippen LogP contribution is 2.23. The molecule has 0 saturated carbocycles. The van der Waals surface area contributed by atoms with Crippen molar-refractivity contribution < 1.29 is 4.74 Å². The molecule has 2 N–H and O–H groups in total. The molecule has 90 valence electrons. The van der Waals surface area contributed by atoms with Crippen LogP contribution in [0.25, 0.3) is 0 Å². The fourth-order valence-corrected chi connectivity index (χ4v) is 2.41. The quantitative estimate of drug-likeness (QED) is 0.879. The summed E-state index contributed by atoms with van der Waals surface area (Å²) in [5, 5.41) is 4.24. The van der Waals surface area contributed by atoms with E-state index in [0.717, 1.165) is 17.7 Å². The minimum Gasteiger partial charge on any atom is -0.493 e. The van der Waals surface area contributed by atoms with Gasteiger partial charge >= 0.3 is 0 Å². The number of para-hydroxylation sites is 1. The van der Waals surface area contributed by atoms with E-state index < -0.39 is 0 Å². The molecule has 0 fully saturated rings. The van der Waals surface area contributed by atoms with E-state index in [1.165, 1.54) is 5.56 Å². The van der Waals surface area contributed by atoms with Crippen molar-refractivity contribution in [2.45, 2.75) is 19.4 Å².